The molecular formula is C30H38N6O10. The van der Waals surface area contributed by atoms with Crippen LogP contribution in [-0.2, 0) is 13.3 Å². The summed E-state index contributed by atoms with van der Waals surface area (Å²) in [5.74, 6) is 1.72. The monoisotopic (exact) mass is 642 g/mol. The fourth-order valence-electron chi connectivity index (χ4n) is 5.06. The summed E-state index contributed by atoms with van der Waals surface area (Å²) < 4.78 is 46.6. The van der Waals surface area contributed by atoms with Gasteiger partial charge >= 0.3 is 11.5 Å². The van der Waals surface area contributed by atoms with Crippen molar-refractivity contribution in [2.45, 2.75) is 27.2 Å². The van der Waals surface area contributed by atoms with E-state index in [2.05, 4.69) is 20.0 Å². The normalized spacial score (nSPS) is 13.9. The van der Waals surface area contributed by atoms with Gasteiger partial charge in [-0.2, -0.15) is 9.36 Å². The molecule has 46 heavy (non-hydrogen) atoms. The maximum atomic E-state index is 12.7. The third-order valence-electron chi connectivity index (χ3n) is 7.34. The largest absolute Gasteiger partial charge is 0.493 e. The van der Waals surface area contributed by atoms with E-state index in [1.54, 1.807) is 24.3 Å². The SMILES string of the molecule is CCOc1c(OC)cc(-c2nn(CN3CCN(Cn4nc(-c5cc(OC)c(OCC)c(OC)c5)oc4=O)CC3)c(=O)o2)cc1OC. The highest BCUT2D eigenvalue weighted by Crippen LogP contribution is 2.42. The Morgan fingerprint density at radius 2 is 0.935 bits per heavy atom. The molecule has 4 aromatic rings. The second-order valence-electron chi connectivity index (χ2n) is 10.2. The van der Waals surface area contributed by atoms with Gasteiger partial charge in [0.05, 0.1) is 41.7 Å². The van der Waals surface area contributed by atoms with Crippen molar-refractivity contribution < 1.29 is 37.3 Å². The molecule has 0 N–H and O–H groups in total. The predicted molar refractivity (Wildman–Crippen MR) is 164 cm³/mol. The second kappa shape index (κ2) is 14.4. The summed E-state index contributed by atoms with van der Waals surface area (Å²) in [7, 11) is 6.07. The lowest BCUT2D eigenvalue weighted by atomic mass is 10.2. The van der Waals surface area contributed by atoms with Crippen LogP contribution in [0.15, 0.2) is 42.7 Å². The summed E-state index contributed by atoms with van der Waals surface area (Å²) >= 11 is 0. The molecule has 1 aliphatic rings. The first-order chi connectivity index (χ1) is 22.3. The van der Waals surface area contributed by atoms with Crippen molar-refractivity contribution in [1.82, 2.24) is 29.4 Å². The van der Waals surface area contributed by atoms with Crippen LogP contribution in [0.1, 0.15) is 13.8 Å². The van der Waals surface area contributed by atoms with Gasteiger partial charge in [0, 0.05) is 37.3 Å². The highest BCUT2D eigenvalue weighted by atomic mass is 16.5. The number of ether oxygens (including phenoxy) is 6. The van der Waals surface area contributed by atoms with Gasteiger partial charge in [-0.3, -0.25) is 9.80 Å². The maximum absolute atomic E-state index is 12.7. The first-order valence-corrected chi connectivity index (χ1v) is 14.7. The maximum Gasteiger partial charge on any atom is 0.438 e. The highest BCUT2D eigenvalue weighted by molar-refractivity contribution is 5.66. The third kappa shape index (κ3) is 6.82. The van der Waals surface area contributed by atoms with E-state index < -0.39 is 11.5 Å². The summed E-state index contributed by atoms with van der Waals surface area (Å²) in [5.41, 5.74) is 1.02. The van der Waals surface area contributed by atoms with Crippen LogP contribution in [0, 0.1) is 0 Å². The number of hydrogen-bond acceptors (Lipinski definition) is 14. The molecule has 1 aliphatic heterocycles. The summed E-state index contributed by atoms with van der Waals surface area (Å²) in [5, 5.41) is 8.82. The van der Waals surface area contributed by atoms with Crippen LogP contribution < -0.4 is 39.9 Å². The molecule has 16 heteroatoms. The van der Waals surface area contributed by atoms with E-state index in [9.17, 15) is 9.59 Å². The topological polar surface area (TPSA) is 158 Å². The minimum atomic E-state index is -0.589. The zero-order valence-electron chi connectivity index (χ0n) is 26.7. The van der Waals surface area contributed by atoms with Crippen LogP contribution in [0.4, 0.5) is 0 Å². The number of hydrogen-bond donors (Lipinski definition) is 0. The fraction of sp³-hybridized carbons (Fsp3) is 0.467. The Labute approximate surface area is 264 Å². The number of nitrogens with zero attached hydrogens (tertiary/aromatic N) is 6. The van der Waals surface area contributed by atoms with Crippen LogP contribution in [0.5, 0.6) is 34.5 Å². The summed E-state index contributed by atoms with van der Waals surface area (Å²) in [6, 6.07) is 6.73. The third-order valence-corrected chi connectivity index (χ3v) is 7.34. The molecular weight excluding hydrogens is 604 g/mol. The molecule has 2 aromatic carbocycles. The summed E-state index contributed by atoms with van der Waals surface area (Å²) in [6.07, 6.45) is 0. The Hall–Kier alpha value is -4.96. The molecule has 0 bridgehead atoms. The Kier molecular flexibility index (Phi) is 10.2. The van der Waals surface area contributed by atoms with E-state index >= 15 is 0 Å². The van der Waals surface area contributed by atoms with Crippen LogP contribution in [0.3, 0.4) is 0 Å². The predicted octanol–water partition coefficient (Wildman–Crippen LogP) is 2.38. The van der Waals surface area contributed by atoms with Gasteiger partial charge in [0.25, 0.3) is 0 Å². The van der Waals surface area contributed by atoms with Crippen molar-refractivity contribution in [3.63, 3.8) is 0 Å². The van der Waals surface area contributed by atoms with Crippen LogP contribution in [-0.4, -0.2) is 97.2 Å². The molecule has 0 unspecified atom stereocenters. The molecule has 0 atom stereocenters. The van der Waals surface area contributed by atoms with E-state index in [4.69, 9.17) is 37.3 Å². The van der Waals surface area contributed by atoms with Crippen LogP contribution in [0.2, 0.25) is 0 Å². The molecule has 248 valence electrons. The Morgan fingerprint density at radius 3 is 1.22 bits per heavy atom. The average molecular weight is 643 g/mol. The molecule has 0 amide bonds. The smallest absolute Gasteiger partial charge is 0.438 e. The van der Waals surface area contributed by atoms with E-state index in [1.165, 1.54) is 37.8 Å². The first-order valence-electron chi connectivity index (χ1n) is 14.7. The number of piperazine rings is 1. The van der Waals surface area contributed by atoms with Gasteiger partial charge in [-0.05, 0) is 38.1 Å². The first kappa shape index (κ1) is 32.4. The molecule has 2 aromatic heterocycles. The van der Waals surface area contributed by atoms with Crippen molar-refractivity contribution in [2.75, 3.05) is 67.8 Å². The zero-order valence-corrected chi connectivity index (χ0v) is 26.7. The van der Waals surface area contributed by atoms with Gasteiger partial charge < -0.3 is 37.3 Å². The van der Waals surface area contributed by atoms with Gasteiger partial charge in [-0.1, -0.05) is 0 Å². The van der Waals surface area contributed by atoms with Gasteiger partial charge in [0.15, 0.2) is 23.0 Å². The number of aromatic nitrogens is 4. The summed E-state index contributed by atoms with van der Waals surface area (Å²) in [4.78, 5) is 29.5. The second-order valence-corrected chi connectivity index (χ2v) is 10.2. The fourth-order valence-corrected chi connectivity index (χ4v) is 5.06. The van der Waals surface area contributed by atoms with Crippen molar-refractivity contribution in [2.24, 2.45) is 0 Å². The Morgan fingerprint density at radius 1 is 0.609 bits per heavy atom. The van der Waals surface area contributed by atoms with Crippen molar-refractivity contribution in [1.29, 1.82) is 0 Å². The standard InChI is InChI=1S/C30H38N6O10/c1-7-43-25-21(39-3)13-19(14-22(25)40-4)27-31-35(29(37)45-27)17-33-9-11-34(12-10-33)18-36-30(38)46-28(32-36)20-15-23(41-5)26(44-8-2)24(16-20)42-6/h13-16H,7-12,17-18H2,1-6H3. The quantitative estimate of drug-likeness (QED) is 0.197. The molecule has 1 fully saturated rings. The highest BCUT2D eigenvalue weighted by Gasteiger charge is 2.24. The average Bonchev–Trinajstić information content (AvgIpc) is 3.63. The lowest BCUT2D eigenvalue weighted by Crippen LogP contribution is -2.48. The minimum absolute atomic E-state index is 0.132. The zero-order chi connectivity index (χ0) is 32.8. The van der Waals surface area contributed by atoms with Crippen LogP contribution in [0.25, 0.3) is 22.9 Å². The van der Waals surface area contributed by atoms with Gasteiger partial charge in [-0.25, -0.2) is 9.59 Å². The van der Waals surface area contributed by atoms with Crippen molar-refractivity contribution >= 4 is 0 Å². The Bertz CT molecular complexity index is 1570. The van der Waals surface area contributed by atoms with E-state index in [1.807, 2.05) is 13.8 Å². The van der Waals surface area contributed by atoms with Crippen molar-refractivity contribution in [3.8, 4) is 57.4 Å². The molecule has 0 aliphatic carbocycles. The molecule has 0 saturated carbocycles. The number of rotatable bonds is 14. The molecule has 16 nitrogen and oxygen atoms in total. The minimum Gasteiger partial charge on any atom is -0.493 e. The van der Waals surface area contributed by atoms with E-state index in [0.29, 0.717) is 85.0 Å². The Balaban J connectivity index is 1.23. The molecule has 3 heterocycles. The van der Waals surface area contributed by atoms with Gasteiger partial charge in [-0.15, -0.1) is 10.2 Å². The van der Waals surface area contributed by atoms with E-state index in [0.717, 1.165) is 0 Å². The van der Waals surface area contributed by atoms with Gasteiger partial charge in [0.2, 0.25) is 23.3 Å². The van der Waals surface area contributed by atoms with Gasteiger partial charge in [0.1, 0.15) is 13.3 Å². The summed E-state index contributed by atoms with van der Waals surface area (Å²) in [6.45, 7) is 7.50. The number of methoxy groups -OCH3 is 4. The van der Waals surface area contributed by atoms with Crippen LogP contribution >= 0.6 is 0 Å². The van der Waals surface area contributed by atoms with Crippen molar-refractivity contribution in [3.05, 3.63) is 45.4 Å². The molecule has 5 rings (SSSR count). The molecule has 0 radical (unpaired) electrons. The lowest BCUT2D eigenvalue weighted by molar-refractivity contribution is 0.0768. The number of benzene rings is 2. The van der Waals surface area contributed by atoms with E-state index in [-0.39, 0.29) is 25.1 Å². The molecule has 1 saturated heterocycles. The lowest BCUT2D eigenvalue weighted by Gasteiger charge is -2.33. The molecule has 0 spiro atoms.